The fraction of sp³-hybridized carbons (Fsp3) is 0.441. The maximum atomic E-state index is 17.0. The zero-order chi connectivity index (χ0) is 34.3. The molecule has 2 amide bonds. The van der Waals surface area contributed by atoms with Gasteiger partial charge in [-0.1, -0.05) is 0 Å². The Kier molecular flexibility index (Phi) is 7.48. The van der Waals surface area contributed by atoms with Crippen molar-refractivity contribution in [3.05, 3.63) is 46.8 Å². The fourth-order valence-corrected chi connectivity index (χ4v) is 7.94. The normalized spacial score (nSPS) is 18.8. The molecule has 2 aromatic carbocycles. The lowest BCUT2D eigenvalue weighted by molar-refractivity contribution is 0.0214. The highest BCUT2D eigenvalue weighted by Gasteiger charge is 2.48. The van der Waals surface area contributed by atoms with Crippen LogP contribution in [0.3, 0.4) is 0 Å². The topological polar surface area (TPSA) is 130 Å². The first-order valence-electron chi connectivity index (χ1n) is 15.6. The standard InChI is InChI=1S/C34H34F2N6O5S/c1-33(2,3)46-31(43)40-30-18(10-37)23-22(48-30)8-7-21(35)26(23)24-19-13-45-14-20(19)25-28(27(24)36)38-15-39-29(25)41-11-17-9-16(41)12-42(17)32(44)47-34(4,5)6/h7-8,15-17H,9,11-14H2,1-6H3,(H,40,43)/t16-,17-/m1/s1. The molecule has 11 nitrogen and oxygen atoms in total. The van der Waals surface area contributed by atoms with E-state index in [2.05, 4.69) is 26.3 Å². The second kappa shape index (κ2) is 11.2. The van der Waals surface area contributed by atoms with Gasteiger partial charge in [-0.3, -0.25) is 5.32 Å². The van der Waals surface area contributed by atoms with E-state index in [1.807, 2.05) is 20.8 Å². The number of fused-ring (bicyclic) bond motifs is 6. The number of nitrogens with zero attached hydrogens (tertiary/aromatic N) is 5. The minimum absolute atomic E-state index is 0.00302. The summed E-state index contributed by atoms with van der Waals surface area (Å²) in [4.78, 5) is 38.2. The number of carbonyl (C=O) groups is 2. The zero-order valence-corrected chi connectivity index (χ0v) is 28.2. The van der Waals surface area contributed by atoms with Crippen LogP contribution >= 0.6 is 11.3 Å². The van der Waals surface area contributed by atoms with Gasteiger partial charge in [-0.15, -0.1) is 11.3 Å². The monoisotopic (exact) mass is 676 g/mol. The summed E-state index contributed by atoms with van der Waals surface area (Å²) in [6, 6.07) is 4.65. The summed E-state index contributed by atoms with van der Waals surface area (Å²) in [6.07, 6.45) is 0.868. The highest BCUT2D eigenvalue weighted by atomic mass is 32.1. The third kappa shape index (κ3) is 5.35. The lowest BCUT2D eigenvalue weighted by Gasteiger charge is -2.36. The van der Waals surface area contributed by atoms with E-state index in [9.17, 15) is 14.9 Å². The van der Waals surface area contributed by atoms with Crippen molar-refractivity contribution in [2.75, 3.05) is 23.3 Å². The lowest BCUT2D eigenvalue weighted by atomic mass is 9.90. The van der Waals surface area contributed by atoms with Crippen molar-refractivity contribution in [1.82, 2.24) is 14.9 Å². The third-order valence-corrected chi connectivity index (χ3v) is 9.71. The molecule has 0 spiro atoms. The molecule has 3 aliphatic rings. The molecule has 0 saturated carbocycles. The van der Waals surface area contributed by atoms with Crippen molar-refractivity contribution < 1.29 is 32.6 Å². The Hall–Kier alpha value is -4.61. The van der Waals surface area contributed by atoms with E-state index in [0.717, 1.165) is 11.3 Å². The van der Waals surface area contributed by atoms with Crippen LogP contribution in [0, 0.1) is 23.0 Å². The first-order valence-corrected chi connectivity index (χ1v) is 16.4. The number of halogens is 2. The average Bonchev–Trinajstić information content (AvgIpc) is 3.79. The number of amides is 2. The van der Waals surface area contributed by atoms with Gasteiger partial charge < -0.3 is 24.0 Å². The van der Waals surface area contributed by atoms with Crippen LogP contribution in [0.5, 0.6) is 0 Å². The second-order valence-corrected chi connectivity index (χ2v) is 15.3. The number of benzene rings is 2. The molecule has 2 aromatic heterocycles. The van der Waals surface area contributed by atoms with E-state index < -0.39 is 28.9 Å². The van der Waals surface area contributed by atoms with Crippen molar-refractivity contribution in [2.24, 2.45) is 0 Å². The van der Waals surface area contributed by atoms with Gasteiger partial charge in [0, 0.05) is 34.3 Å². The summed E-state index contributed by atoms with van der Waals surface area (Å²) < 4.78 is 50.3. The van der Waals surface area contributed by atoms with Crippen LogP contribution in [0.1, 0.15) is 64.7 Å². The number of carbonyl (C=O) groups excluding carboxylic acids is 2. The van der Waals surface area contributed by atoms with E-state index in [4.69, 9.17) is 14.2 Å². The minimum atomic E-state index is -0.785. The molecule has 14 heteroatoms. The van der Waals surface area contributed by atoms with Gasteiger partial charge in [-0.05, 0) is 71.2 Å². The van der Waals surface area contributed by atoms with Gasteiger partial charge in [0.05, 0.1) is 36.2 Å². The summed E-state index contributed by atoms with van der Waals surface area (Å²) in [7, 11) is 0. The number of rotatable bonds is 3. The molecule has 0 aliphatic carbocycles. The van der Waals surface area contributed by atoms with Crippen molar-refractivity contribution in [3.8, 4) is 17.2 Å². The van der Waals surface area contributed by atoms with Gasteiger partial charge >= 0.3 is 12.2 Å². The highest BCUT2D eigenvalue weighted by molar-refractivity contribution is 7.23. The van der Waals surface area contributed by atoms with E-state index in [1.54, 1.807) is 25.7 Å². The van der Waals surface area contributed by atoms with Crippen LogP contribution in [-0.4, -0.2) is 63.4 Å². The minimum Gasteiger partial charge on any atom is -0.444 e. The molecule has 5 heterocycles. The lowest BCUT2D eigenvalue weighted by Crippen LogP contribution is -2.50. The van der Waals surface area contributed by atoms with Crippen LogP contribution in [0.4, 0.5) is 29.2 Å². The Morgan fingerprint density at radius 2 is 1.73 bits per heavy atom. The predicted octanol–water partition coefficient (Wildman–Crippen LogP) is 7.24. The molecule has 0 unspecified atom stereocenters. The Morgan fingerprint density at radius 1 is 1.00 bits per heavy atom. The maximum Gasteiger partial charge on any atom is 0.412 e. The van der Waals surface area contributed by atoms with Crippen LogP contribution < -0.4 is 10.2 Å². The molecule has 2 atom stereocenters. The summed E-state index contributed by atoms with van der Waals surface area (Å²) in [5.74, 6) is -0.971. The fourth-order valence-electron chi connectivity index (χ4n) is 6.90. The molecular weight excluding hydrogens is 642 g/mol. The average molecular weight is 677 g/mol. The van der Waals surface area contributed by atoms with Crippen LogP contribution in [0.2, 0.25) is 0 Å². The molecular formula is C34H34F2N6O5S. The van der Waals surface area contributed by atoms with Gasteiger partial charge in [0.25, 0.3) is 0 Å². The molecule has 0 radical (unpaired) electrons. The molecule has 250 valence electrons. The number of thiophene rings is 1. The molecule has 3 aliphatic heterocycles. The summed E-state index contributed by atoms with van der Waals surface area (Å²) in [5.41, 5.74) is -0.468. The summed E-state index contributed by atoms with van der Waals surface area (Å²) in [6.45, 7) is 11.7. The number of hydrogen-bond acceptors (Lipinski definition) is 10. The number of nitriles is 1. The first-order chi connectivity index (χ1) is 22.6. The molecule has 4 aromatic rings. The van der Waals surface area contributed by atoms with E-state index in [1.165, 1.54) is 18.5 Å². The van der Waals surface area contributed by atoms with E-state index in [0.29, 0.717) is 46.5 Å². The zero-order valence-electron chi connectivity index (χ0n) is 27.4. The SMILES string of the molecule is CC(C)(C)OC(=O)Nc1sc2ccc(F)c(-c3c4c(c5c(N6C[C@H]7C[C@@H]6CN7C(=O)OC(C)(C)C)ncnc5c3F)COC4)c2c1C#N. The first kappa shape index (κ1) is 32.0. The quantitative estimate of drug-likeness (QED) is 0.239. The Morgan fingerprint density at radius 3 is 2.40 bits per heavy atom. The number of piperazine rings is 1. The highest BCUT2D eigenvalue weighted by Crippen LogP contribution is 2.49. The molecule has 1 N–H and O–H groups in total. The van der Waals surface area contributed by atoms with Crippen molar-refractivity contribution in [2.45, 2.75) is 84.5 Å². The Labute approximate surface area is 279 Å². The number of nitrogens with one attached hydrogen (secondary N) is 1. The van der Waals surface area contributed by atoms with Gasteiger partial charge in [0.1, 0.15) is 45.8 Å². The second-order valence-electron chi connectivity index (χ2n) is 14.2. The number of aromatic nitrogens is 2. The largest absolute Gasteiger partial charge is 0.444 e. The van der Waals surface area contributed by atoms with Gasteiger partial charge in [0.15, 0.2) is 5.82 Å². The van der Waals surface area contributed by atoms with Crippen molar-refractivity contribution >= 4 is 55.3 Å². The van der Waals surface area contributed by atoms with E-state index in [-0.39, 0.29) is 64.0 Å². The Balaban J connectivity index is 1.33. The number of likely N-dealkylation sites (tertiary alicyclic amines) is 1. The van der Waals surface area contributed by atoms with Crippen LogP contribution in [0.15, 0.2) is 18.5 Å². The van der Waals surface area contributed by atoms with Crippen LogP contribution in [0.25, 0.3) is 32.1 Å². The molecule has 2 fully saturated rings. The van der Waals surface area contributed by atoms with Gasteiger partial charge in [-0.25, -0.2) is 28.3 Å². The van der Waals surface area contributed by atoms with Gasteiger partial charge in [-0.2, -0.15) is 5.26 Å². The predicted molar refractivity (Wildman–Crippen MR) is 176 cm³/mol. The maximum absolute atomic E-state index is 17.0. The number of ether oxygens (including phenoxy) is 3. The molecule has 7 rings (SSSR count). The van der Waals surface area contributed by atoms with Crippen molar-refractivity contribution in [1.29, 1.82) is 5.26 Å². The van der Waals surface area contributed by atoms with Crippen molar-refractivity contribution in [3.63, 3.8) is 0 Å². The third-order valence-electron chi connectivity index (χ3n) is 8.64. The number of hydrogen-bond donors (Lipinski definition) is 1. The summed E-state index contributed by atoms with van der Waals surface area (Å²) >= 11 is 1.07. The van der Waals surface area contributed by atoms with Crippen LogP contribution in [-0.2, 0) is 27.4 Å². The Bertz CT molecular complexity index is 2060. The van der Waals surface area contributed by atoms with Gasteiger partial charge in [0.2, 0.25) is 0 Å². The molecule has 2 saturated heterocycles. The molecule has 48 heavy (non-hydrogen) atoms. The molecule has 2 bridgehead atoms. The number of anilines is 2. The smallest absolute Gasteiger partial charge is 0.412 e. The summed E-state index contributed by atoms with van der Waals surface area (Å²) in [5, 5.41) is 13.7. The van der Waals surface area contributed by atoms with E-state index >= 15 is 8.78 Å².